The lowest BCUT2D eigenvalue weighted by atomic mass is 9.93. The van der Waals surface area contributed by atoms with Crippen LogP contribution in [0.4, 0.5) is 4.39 Å². The Kier molecular flexibility index (Phi) is 3.94. The number of halogens is 1. The Morgan fingerprint density at radius 3 is 2.89 bits per heavy atom. The van der Waals surface area contributed by atoms with E-state index in [1.807, 2.05) is 0 Å². The normalized spacial score (nSPS) is 27.2. The Bertz CT molecular complexity index is 436. The maximum absolute atomic E-state index is 12.9. The van der Waals surface area contributed by atoms with E-state index in [0.29, 0.717) is 11.8 Å². The molecule has 0 aromatic carbocycles. The predicted molar refractivity (Wildman–Crippen MR) is 67.6 cm³/mol. The molecule has 3 nitrogen and oxygen atoms in total. The van der Waals surface area contributed by atoms with Gasteiger partial charge < -0.3 is 5.32 Å². The third kappa shape index (κ3) is 2.68. The molecule has 1 amide bonds. The SMILES string of the molecule is CCC1CCC(NC(=O)c2cccc(F)n2)C1C. The summed E-state index contributed by atoms with van der Waals surface area (Å²) in [5.41, 5.74) is 0.155. The standard InChI is InChI=1S/C14H19FN2O/c1-3-10-7-8-11(9(10)2)17-14(18)12-5-4-6-13(15)16-12/h4-6,9-11H,3,7-8H2,1-2H3,(H,17,18). The van der Waals surface area contributed by atoms with E-state index < -0.39 is 5.95 Å². The van der Waals surface area contributed by atoms with Gasteiger partial charge in [0.05, 0.1) is 0 Å². The molecule has 1 aromatic heterocycles. The quantitative estimate of drug-likeness (QED) is 0.838. The number of rotatable bonds is 3. The average molecular weight is 250 g/mol. The smallest absolute Gasteiger partial charge is 0.270 e. The summed E-state index contributed by atoms with van der Waals surface area (Å²) in [6.07, 6.45) is 3.30. The van der Waals surface area contributed by atoms with Gasteiger partial charge in [0.1, 0.15) is 5.69 Å². The molecule has 1 heterocycles. The van der Waals surface area contributed by atoms with Crippen LogP contribution in [0.2, 0.25) is 0 Å². The number of aromatic nitrogens is 1. The molecule has 98 valence electrons. The predicted octanol–water partition coefficient (Wildman–Crippen LogP) is 2.78. The molecule has 1 aliphatic carbocycles. The Morgan fingerprint density at radius 2 is 2.28 bits per heavy atom. The fraction of sp³-hybridized carbons (Fsp3) is 0.571. The van der Waals surface area contributed by atoms with Gasteiger partial charge in [0.15, 0.2) is 0 Å². The van der Waals surface area contributed by atoms with Crippen molar-refractivity contribution in [2.45, 2.75) is 39.2 Å². The molecule has 1 aromatic rings. The van der Waals surface area contributed by atoms with Crippen LogP contribution in [0.5, 0.6) is 0 Å². The number of nitrogens with one attached hydrogen (secondary N) is 1. The highest BCUT2D eigenvalue weighted by Crippen LogP contribution is 2.33. The highest BCUT2D eigenvalue weighted by atomic mass is 19.1. The lowest BCUT2D eigenvalue weighted by Crippen LogP contribution is -2.38. The van der Waals surface area contributed by atoms with Crippen LogP contribution in [0, 0.1) is 17.8 Å². The molecule has 3 atom stereocenters. The number of hydrogen-bond donors (Lipinski definition) is 1. The molecular formula is C14H19FN2O. The highest BCUT2D eigenvalue weighted by Gasteiger charge is 2.32. The van der Waals surface area contributed by atoms with Crippen LogP contribution >= 0.6 is 0 Å². The second kappa shape index (κ2) is 5.46. The molecule has 18 heavy (non-hydrogen) atoms. The average Bonchev–Trinajstić information content (AvgIpc) is 2.70. The van der Waals surface area contributed by atoms with E-state index in [0.717, 1.165) is 19.3 Å². The molecule has 3 unspecified atom stereocenters. The minimum atomic E-state index is -0.617. The first-order valence-corrected chi connectivity index (χ1v) is 6.55. The maximum Gasteiger partial charge on any atom is 0.270 e. The fourth-order valence-electron chi connectivity index (χ4n) is 2.80. The first-order valence-electron chi connectivity index (χ1n) is 6.55. The summed E-state index contributed by atoms with van der Waals surface area (Å²) in [5, 5.41) is 2.97. The van der Waals surface area contributed by atoms with E-state index in [1.165, 1.54) is 18.2 Å². The molecule has 0 spiro atoms. The van der Waals surface area contributed by atoms with Crippen LogP contribution < -0.4 is 5.32 Å². The van der Waals surface area contributed by atoms with Gasteiger partial charge in [-0.2, -0.15) is 4.39 Å². The summed E-state index contributed by atoms with van der Waals surface area (Å²) in [6.45, 7) is 4.35. The largest absolute Gasteiger partial charge is 0.348 e. The van der Waals surface area contributed by atoms with E-state index in [9.17, 15) is 9.18 Å². The van der Waals surface area contributed by atoms with Crippen molar-refractivity contribution >= 4 is 5.91 Å². The van der Waals surface area contributed by atoms with Crippen LogP contribution in [-0.2, 0) is 0 Å². The molecule has 2 rings (SSSR count). The van der Waals surface area contributed by atoms with Crippen LogP contribution in [0.3, 0.4) is 0 Å². The molecule has 0 radical (unpaired) electrons. The summed E-state index contributed by atoms with van der Waals surface area (Å²) in [7, 11) is 0. The third-order valence-electron chi connectivity index (χ3n) is 4.02. The van der Waals surface area contributed by atoms with Gasteiger partial charge in [-0.05, 0) is 36.8 Å². The second-order valence-corrected chi connectivity index (χ2v) is 5.03. The number of amides is 1. The molecule has 4 heteroatoms. The molecule has 1 fully saturated rings. The summed E-state index contributed by atoms with van der Waals surface area (Å²) in [4.78, 5) is 15.6. The highest BCUT2D eigenvalue weighted by molar-refractivity contribution is 5.92. The van der Waals surface area contributed by atoms with Gasteiger partial charge in [-0.15, -0.1) is 0 Å². The summed E-state index contributed by atoms with van der Waals surface area (Å²) >= 11 is 0. The minimum Gasteiger partial charge on any atom is -0.348 e. The molecule has 1 N–H and O–H groups in total. The number of carbonyl (C=O) groups is 1. The summed E-state index contributed by atoms with van der Waals surface area (Å²) < 4.78 is 12.9. The molecule has 0 saturated heterocycles. The van der Waals surface area contributed by atoms with Crippen molar-refractivity contribution in [3.8, 4) is 0 Å². The van der Waals surface area contributed by atoms with E-state index in [-0.39, 0.29) is 17.6 Å². The van der Waals surface area contributed by atoms with Gasteiger partial charge in [0.25, 0.3) is 5.91 Å². The van der Waals surface area contributed by atoms with E-state index >= 15 is 0 Å². The van der Waals surface area contributed by atoms with Gasteiger partial charge in [-0.3, -0.25) is 4.79 Å². The molecular weight excluding hydrogens is 231 g/mol. The van der Waals surface area contributed by atoms with Crippen molar-refractivity contribution in [1.29, 1.82) is 0 Å². The fourth-order valence-corrected chi connectivity index (χ4v) is 2.80. The van der Waals surface area contributed by atoms with Gasteiger partial charge in [-0.1, -0.05) is 26.3 Å². The Morgan fingerprint density at radius 1 is 1.50 bits per heavy atom. The minimum absolute atomic E-state index is 0.155. The van der Waals surface area contributed by atoms with E-state index in [4.69, 9.17) is 0 Å². The van der Waals surface area contributed by atoms with Crippen molar-refractivity contribution in [3.05, 3.63) is 29.8 Å². The Balaban J connectivity index is 2.00. The second-order valence-electron chi connectivity index (χ2n) is 5.03. The Hall–Kier alpha value is -1.45. The number of pyridine rings is 1. The number of carbonyl (C=O) groups excluding carboxylic acids is 1. The number of nitrogens with zero attached hydrogens (tertiary/aromatic N) is 1. The third-order valence-corrected chi connectivity index (χ3v) is 4.02. The zero-order valence-corrected chi connectivity index (χ0v) is 10.8. The first kappa shape index (κ1) is 13.0. The lowest BCUT2D eigenvalue weighted by Gasteiger charge is -2.20. The van der Waals surface area contributed by atoms with Crippen LogP contribution in [-0.4, -0.2) is 16.9 Å². The van der Waals surface area contributed by atoms with Gasteiger partial charge in [0, 0.05) is 6.04 Å². The maximum atomic E-state index is 12.9. The molecule has 1 aliphatic rings. The van der Waals surface area contributed by atoms with Crippen LogP contribution in [0.1, 0.15) is 43.6 Å². The lowest BCUT2D eigenvalue weighted by molar-refractivity contribution is 0.0920. The van der Waals surface area contributed by atoms with E-state index in [2.05, 4.69) is 24.1 Å². The zero-order valence-electron chi connectivity index (χ0n) is 10.8. The van der Waals surface area contributed by atoms with Crippen molar-refractivity contribution in [2.24, 2.45) is 11.8 Å². The topological polar surface area (TPSA) is 42.0 Å². The van der Waals surface area contributed by atoms with Crippen molar-refractivity contribution in [3.63, 3.8) is 0 Å². The van der Waals surface area contributed by atoms with Crippen molar-refractivity contribution < 1.29 is 9.18 Å². The van der Waals surface area contributed by atoms with Crippen molar-refractivity contribution in [1.82, 2.24) is 10.3 Å². The van der Waals surface area contributed by atoms with Crippen molar-refractivity contribution in [2.75, 3.05) is 0 Å². The number of hydrogen-bond acceptors (Lipinski definition) is 2. The van der Waals surface area contributed by atoms with Crippen LogP contribution in [0.15, 0.2) is 18.2 Å². The van der Waals surface area contributed by atoms with Gasteiger partial charge >= 0.3 is 0 Å². The summed E-state index contributed by atoms with van der Waals surface area (Å²) in [5.74, 6) is 0.264. The van der Waals surface area contributed by atoms with Crippen LogP contribution in [0.25, 0.3) is 0 Å². The van der Waals surface area contributed by atoms with Gasteiger partial charge in [0.2, 0.25) is 5.95 Å². The van der Waals surface area contributed by atoms with E-state index in [1.54, 1.807) is 0 Å². The molecule has 1 saturated carbocycles. The molecule has 0 bridgehead atoms. The van der Waals surface area contributed by atoms with Gasteiger partial charge in [-0.25, -0.2) is 4.98 Å². The zero-order chi connectivity index (χ0) is 13.1. The molecule has 0 aliphatic heterocycles. The monoisotopic (exact) mass is 250 g/mol. The summed E-state index contributed by atoms with van der Waals surface area (Å²) in [6, 6.07) is 4.47. The first-order chi connectivity index (χ1) is 8.61. The Labute approximate surface area is 107 Å².